The van der Waals surface area contributed by atoms with Crippen molar-refractivity contribution in [3.8, 4) is 0 Å². The monoisotopic (exact) mass is 324 g/mol. The summed E-state index contributed by atoms with van der Waals surface area (Å²) in [6.07, 6.45) is 2.90. The van der Waals surface area contributed by atoms with Crippen molar-refractivity contribution < 1.29 is 8.42 Å². The Bertz CT molecular complexity index is 776. The molecule has 2 aromatic rings. The van der Waals surface area contributed by atoms with Gasteiger partial charge in [0.25, 0.3) is 10.0 Å². The molecule has 3 rings (SSSR count). The van der Waals surface area contributed by atoms with E-state index >= 15 is 0 Å². The van der Waals surface area contributed by atoms with Crippen molar-refractivity contribution >= 4 is 10.0 Å². The molecule has 0 aliphatic carbocycles. The van der Waals surface area contributed by atoms with E-state index in [1.54, 1.807) is 6.92 Å². The molecule has 22 heavy (non-hydrogen) atoms. The zero-order valence-corrected chi connectivity index (χ0v) is 13.7. The van der Waals surface area contributed by atoms with Crippen LogP contribution < -0.4 is 4.72 Å². The second kappa shape index (κ2) is 5.47. The lowest BCUT2D eigenvalue weighted by Gasteiger charge is -2.22. The number of sulfonamides is 1. The molecular weight excluding hydrogens is 304 g/mol. The lowest BCUT2D eigenvalue weighted by Crippen LogP contribution is -2.33. The third-order valence-electron chi connectivity index (χ3n) is 3.67. The van der Waals surface area contributed by atoms with E-state index < -0.39 is 10.0 Å². The second-order valence-electron chi connectivity index (χ2n) is 5.86. The Hall–Kier alpha value is -1.74. The summed E-state index contributed by atoms with van der Waals surface area (Å²) >= 11 is 0. The third kappa shape index (κ3) is 2.78. The first-order valence-electron chi connectivity index (χ1n) is 7.35. The second-order valence-corrected chi connectivity index (χ2v) is 7.54. The first-order valence-corrected chi connectivity index (χ1v) is 8.83. The van der Waals surface area contributed by atoms with Crippen molar-refractivity contribution in [3.63, 3.8) is 0 Å². The maximum absolute atomic E-state index is 12.4. The van der Waals surface area contributed by atoms with E-state index in [1.807, 2.05) is 18.5 Å². The van der Waals surface area contributed by atoms with E-state index in [1.165, 1.54) is 6.20 Å². The van der Waals surface area contributed by atoms with Gasteiger partial charge in [-0.1, -0.05) is 13.8 Å². The molecule has 0 bridgehead atoms. The Morgan fingerprint density at radius 1 is 1.45 bits per heavy atom. The van der Waals surface area contributed by atoms with E-state index in [2.05, 4.69) is 24.8 Å². The topological polar surface area (TPSA) is 106 Å². The van der Waals surface area contributed by atoms with Crippen LogP contribution in [-0.2, 0) is 16.6 Å². The number of rotatable bonds is 4. The predicted octanol–water partition coefficient (Wildman–Crippen LogP) is 1.25. The number of nitrogens with zero attached hydrogens (tertiary/aromatic N) is 4. The summed E-state index contributed by atoms with van der Waals surface area (Å²) in [5, 5.41) is 4.53. The third-order valence-corrected chi connectivity index (χ3v) is 5.06. The standard InChI is InChI=1S/C13H20N6O2S/c1-8(2)12-16-13-10(5-4-6-19(13)17-12)18-22(20,21)11-7-14-9(3)15-11/h7-8,10,18H,4-6H2,1-3H3,(H,14,15)/t10-/m0/s1. The van der Waals surface area contributed by atoms with Gasteiger partial charge in [-0.3, -0.25) is 0 Å². The first kappa shape index (κ1) is 15.2. The summed E-state index contributed by atoms with van der Waals surface area (Å²) < 4.78 is 29.4. The average Bonchev–Trinajstić information content (AvgIpc) is 3.05. The molecule has 2 aromatic heterocycles. The van der Waals surface area contributed by atoms with Gasteiger partial charge in [0, 0.05) is 12.5 Å². The summed E-state index contributed by atoms with van der Waals surface area (Å²) in [5.74, 6) is 2.22. The zero-order chi connectivity index (χ0) is 15.9. The molecule has 0 saturated heterocycles. The zero-order valence-electron chi connectivity index (χ0n) is 12.9. The number of fused-ring (bicyclic) bond motifs is 1. The molecule has 120 valence electrons. The minimum absolute atomic E-state index is 0.0747. The van der Waals surface area contributed by atoms with Crippen LogP contribution in [0.3, 0.4) is 0 Å². The van der Waals surface area contributed by atoms with Crippen LogP contribution in [0.1, 0.15) is 56.1 Å². The van der Waals surface area contributed by atoms with E-state index in [4.69, 9.17) is 0 Å². The highest BCUT2D eigenvalue weighted by molar-refractivity contribution is 7.89. The van der Waals surface area contributed by atoms with Crippen molar-refractivity contribution in [3.05, 3.63) is 23.7 Å². The van der Waals surface area contributed by atoms with Gasteiger partial charge in [0.2, 0.25) is 0 Å². The maximum Gasteiger partial charge on any atom is 0.258 e. The van der Waals surface area contributed by atoms with Crippen molar-refractivity contribution in [2.45, 2.75) is 57.1 Å². The van der Waals surface area contributed by atoms with E-state index in [0.29, 0.717) is 18.1 Å². The Morgan fingerprint density at radius 3 is 2.86 bits per heavy atom. The molecule has 1 aliphatic heterocycles. The highest BCUT2D eigenvalue weighted by Crippen LogP contribution is 2.26. The quantitative estimate of drug-likeness (QED) is 0.880. The number of H-pyrrole nitrogens is 1. The number of hydrogen-bond acceptors (Lipinski definition) is 5. The Balaban J connectivity index is 1.88. The summed E-state index contributed by atoms with van der Waals surface area (Å²) in [7, 11) is -3.64. The fourth-order valence-electron chi connectivity index (χ4n) is 2.51. The minimum Gasteiger partial charge on any atom is -0.332 e. The van der Waals surface area contributed by atoms with Crippen LogP contribution in [0.25, 0.3) is 0 Å². The molecule has 1 atom stereocenters. The van der Waals surface area contributed by atoms with Gasteiger partial charge in [0.1, 0.15) is 11.6 Å². The molecule has 1 aliphatic rings. The summed E-state index contributed by atoms with van der Waals surface area (Å²) in [6.45, 7) is 6.53. The molecule has 0 spiro atoms. The first-order chi connectivity index (χ1) is 10.4. The normalized spacial score (nSPS) is 18.6. The molecule has 8 nitrogen and oxygen atoms in total. The fourth-order valence-corrected chi connectivity index (χ4v) is 3.71. The molecule has 9 heteroatoms. The van der Waals surface area contributed by atoms with Crippen LogP contribution in [0, 0.1) is 6.92 Å². The minimum atomic E-state index is -3.64. The van der Waals surface area contributed by atoms with Crippen LogP contribution >= 0.6 is 0 Å². The average molecular weight is 324 g/mol. The number of aromatic amines is 1. The summed E-state index contributed by atoms with van der Waals surface area (Å²) in [4.78, 5) is 11.2. The summed E-state index contributed by atoms with van der Waals surface area (Å²) in [6, 6.07) is -0.359. The van der Waals surface area contributed by atoms with E-state index in [-0.39, 0.29) is 17.0 Å². The van der Waals surface area contributed by atoms with Gasteiger partial charge in [-0.05, 0) is 19.8 Å². The van der Waals surface area contributed by atoms with Gasteiger partial charge in [-0.15, -0.1) is 0 Å². The highest BCUT2D eigenvalue weighted by Gasteiger charge is 2.30. The Morgan fingerprint density at radius 2 is 2.23 bits per heavy atom. The lowest BCUT2D eigenvalue weighted by atomic mass is 10.1. The van der Waals surface area contributed by atoms with Crippen molar-refractivity contribution in [1.29, 1.82) is 0 Å². The molecular formula is C13H20N6O2S. The van der Waals surface area contributed by atoms with E-state index in [9.17, 15) is 8.42 Å². The molecule has 0 saturated carbocycles. The number of imidazole rings is 1. The van der Waals surface area contributed by atoms with Crippen LogP contribution in [0.15, 0.2) is 11.2 Å². The van der Waals surface area contributed by atoms with Crippen LogP contribution in [0.5, 0.6) is 0 Å². The highest BCUT2D eigenvalue weighted by atomic mass is 32.2. The fraction of sp³-hybridized carbons (Fsp3) is 0.615. The van der Waals surface area contributed by atoms with Gasteiger partial charge in [0.15, 0.2) is 10.9 Å². The summed E-state index contributed by atoms with van der Waals surface area (Å²) in [5.41, 5.74) is 0. The molecule has 3 heterocycles. The molecule has 0 radical (unpaired) electrons. The Kier molecular flexibility index (Phi) is 3.77. The number of aryl methyl sites for hydroxylation is 2. The van der Waals surface area contributed by atoms with Gasteiger partial charge < -0.3 is 4.98 Å². The van der Waals surface area contributed by atoms with Crippen molar-refractivity contribution in [1.82, 2.24) is 29.5 Å². The number of hydrogen-bond donors (Lipinski definition) is 2. The molecule has 0 amide bonds. The largest absolute Gasteiger partial charge is 0.332 e. The van der Waals surface area contributed by atoms with Gasteiger partial charge >= 0.3 is 0 Å². The molecule has 2 N–H and O–H groups in total. The molecule has 0 unspecified atom stereocenters. The van der Waals surface area contributed by atoms with Gasteiger partial charge in [0.05, 0.1) is 12.2 Å². The smallest absolute Gasteiger partial charge is 0.258 e. The van der Waals surface area contributed by atoms with Gasteiger partial charge in [-0.25, -0.2) is 23.1 Å². The maximum atomic E-state index is 12.4. The van der Waals surface area contributed by atoms with E-state index in [0.717, 1.165) is 18.8 Å². The molecule has 0 fully saturated rings. The van der Waals surface area contributed by atoms with Crippen LogP contribution in [0.4, 0.5) is 0 Å². The number of aromatic nitrogens is 5. The molecule has 0 aromatic carbocycles. The number of nitrogens with one attached hydrogen (secondary N) is 2. The van der Waals surface area contributed by atoms with Crippen molar-refractivity contribution in [2.75, 3.05) is 0 Å². The van der Waals surface area contributed by atoms with Gasteiger partial charge in [-0.2, -0.15) is 9.82 Å². The lowest BCUT2D eigenvalue weighted by molar-refractivity contribution is 0.399. The van der Waals surface area contributed by atoms with Crippen LogP contribution in [-0.4, -0.2) is 33.2 Å². The Labute approximate surface area is 129 Å². The predicted molar refractivity (Wildman–Crippen MR) is 79.7 cm³/mol. The SMILES string of the molecule is Cc1ncc(S(=O)(=O)N[C@H]2CCCn3nc(C(C)C)nc32)[nH]1. The van der Waals surface area contributed by atoms with Crippen molar-refractivity contribution in [2.24, 2.45) is 0 Å². The van der Waals surface area contributed by atoms with Crippen LogP contribution in [0.2, 0.25) is 0 Å².